The molecule has 12 heavy (non-hydrogen) atoms. The molecule has 1 aliphatic heterocycles. The van der Waals surface area contributed by atoms with Crippen molar-refractivity contribution in [2.24, 2.45) is 5.92 Å². The second-order valence-corrected chi connectivity index (χ2v) is 4.70. The molecule has 0 radical (unpaired) electrons. The molecular weight excluding hydrogens is 176 g/mol. The van der Waals surface area contributed by atoms with Gasteiger partial charge in [0.1, 0.15) is 11.0 Å². The summed E-state index contributed by atoms with van der Waals surface area (Å²) in [4.78, 5) is 10.6. The molecule has 2 fully saturated rings. The molecule has 3 atom stereocenters. The van der Waals surface area contributed by atoms with E-state index in [-0.39, 0.29) is 18.0 Å². The van der Waals surface area contributed by atoms with Crippen LogP contribution in [0.3, 0.4) is 0 Å². The quantitative estimate of drug-likeness (QED) is 0.430. The van der Waals surface area contributed by atoms with E-state index in [0.29, 0.717) is 0 Å². The maximum atomic E-state index is 11.3. The van der Waals surface area contributed by atoms with Crippen molar-refractivity contribution in [1.29, 1.82) is 0 Å². The molecular formula is C9H13ClO2. The van der Waals surface area contributed by atoms with Crippen LogP contribution in [0.25, 0.3) is 0 Å². The van der Waals surface area contributed by atoms with Gasteiger partial charge in [0.2, 0.25) is 0 Å². The molecule has 0 aromatic rings. The van der Waals surface area contributed by atoms with Crippen LogP contribution < -0.4 is 0 Å². The van der Waals surface area contributed by atoms with Crippen molar-refractivity contribution < 1.29 is 9.53 Å². The SMILES string of the molecule is CC1(Cl)C(=O)OC2CCCCC21. The van der Waals surface area contributed by atoms with E-state index in [1.807, 2.05) is 0 Å². The summed E-state index contributed by atoms with van der Waals surface area (Å²) in [5, 5.41) is 0. The molecule has 1 aliphatic carbocycles. The van der Waals surface area contributed by atoms with E-state index in [2.05, 4.69) is 0 Å². The van der Waals surface area contributed by atoms with Crippen molar-refractivity contribution in [2.75, 3.05) is 0 Å². The summed E-state index contributed by atoms with van der Waals surface area (Å²) in [6.07, 6.45) is 4.49. The Labute approximate surface area is 77.2 Å². The molecule has 3 unspecified atom stereocenters. The van der Waals surface area contributed by atoms with Gasteiger partial charge in [-0.2, -0.15) is 0 Å². The molecule has 1 saturated heterocycles. The number of fused-ring (bicyclic) bond motifs is 1. The van der Waals surface area contributed by atoms with E-state index in [9.17, 15) is 4.79 Å². The first-order valence-corrected chi connectivity index (χ1v) is 4.90. The Morgan fingerprint density at radius 2 is 2.17 bits per heavy atom. The lowest BCUT2D eigenvalue weighted by atomic mass is 9.80. The van der Waals surface area contributed by atoms with Gasteiger partial charge in [-0.05, 0) is 26.2 Å². The number of carbonyl (C=O) groups excluding carboxylic acids is 1. The lowest BCUT2D eigenvalue weighted by molar-refractivity contribution is -0.143. The Kier molecular flexibility index (Phi) is 1.83. The predicted molar refractivity (Wildman–Crippen MR) is 46.1 cm³/mol. The van der Waals surface area contributed by atoms with E-state index in [1.165, 1.54) is 12.8 Å². The summed E-state index contributed by atoms with van der Waals surface area (Å²) < 4.78 is 5.21. The minimum atomic E-state index is -0.745. The zero-order valence-corrected chi connectivity index (χ0v) is 7.93. The highest BCUT2D eigenvalue weighted by atomic mass is 35.5. The third-order valence-electron chi connectivity index (χ3n) is 3.06. The molecule has 0 aromatic carbocycles. The van der Waals surface area contributed by atoms with Crippen molar-refractivity contribution in [3.05, 3.63) is 0 Å². The third kappa shape index (κ3) is 1.05. The van der Waals surface area contributed by atoms with Crippen LogP contribution in [-0.2, 0) is 9.53 Å². The van der Waals surface area contributed by atoms with Crippen molar-refractivity contribution in [3.63, 3.8) is 0 Å². The highest BCUT2D eigenvalue weighted by Crippen LogP contribution is 2.44. The van der Waals surface area contributed by atoms with Gasteiger partial charge in [-0.15, -0.1) is 11.6 Å². The minimum absolute atomic E-state index is 0.105. The summed E-state index contributed by atoms with van der Waals surface area (Å²) in [6.45, 7) is 1.78. The van der Waals surface area contributed by atoms with E-state index < -0.39 is 4.87 Å². The Morgan fingerprint density at radius 3 is 2.83 bits per heavy atom. The molecule has 68 valence electrons. The molecule has 2 aliphatic rings. The summed E-state index contributed by atoms with van der Waals surface area (Å²) >= 11 is 6.12. The van der Waals surface area contributed by atoms with Gasteiger partial charge in [0.15, 0.2) is 0 Å². The summed E-state index contributed by atoms with van der Waals surface area (Å²) in [5.74, 6) is 0.0292. The van der Waals surface area contributed by atoms with Gasteiger partial charge >= 0.3 is 5.97 Å². The fourth-order valence-corrected chi connectivity index (χ4v) is 2.56. The average molecular weight is 189 g/mol. The van der Waals surface area contributed by atoms with E-state index in [0.717, 1.165) is 12.8 Å². The van der Waals surface area contributed by atoms with Crippen LogP contribution in [0, 0.1) is 5.92 Å². The number of rotatable bonds is 0. The number of carbonyl (C=O) groups is 1. The normalized spacial score (nSPS) is 47.0. The highest BCUT2D eigenvalue weighted by molar-refractivity contribution is 6.34. The van der Waals surface area contributed by atoms with Gasteiger partial charge in [0.25, 0.3) is 0 Å². The van der Waals surface area contributed by atoms with E-state index in [4.69, 9.17) is 16.3 Å². The number of hydrogen-bond acceptors (Lipinski definition) is 2. The van der Waals surface area contributed by atoms with Crippen molar-refractivity contribution in [2.45, 2.75) is 43.6 Å². The van der Waals surface area contributed by atoms with Crippen LogP contribution in [0.5, 0.6) is 0 Å². The fraction of sp³-hybridized carbons (Fsp3) is 0.889. The Bertz CT molecular complexity index is 213. The highest BCUT2D eigenvalue weighted by Gasteiger charge is 2.53. The van der Waals surface area contributed by atoms with Crippen LogP contribution in [0.15, 0.2) is 0 Å². The van der Waals surface area contributed by atoms with Gasteiger partial charge < -0.3 is 4.74 Å². The summed E-state index contributed by atoms with van der Waals surface area (Å²) in [6, 6.07) is 0. The first kappa shape index (κ1) is 8.36. The number of ether oxygens (including phenoxy) is 1. The molecule has 2 nitrogen and oxygen atoms in total. The second kappa shape index (κ2) is 2.63. The average Bonchev–Trinajstić information content (AvgIpc) is 2.25. The predicted octanol–water partition coefficient (Wildman–Crippen LogP) is 2.10. The molecule has 0 spiro atoms. The fourth-order valence-electron chi connectivity index (χ4n) is 2.26. The summed E-state index contributed by atoms with van der Waals surface area (Å²) in [7, 11) is 0. The topological polar surface area (TPSA) is 26.3 Å². The Balaban J connectivity index is 2.22. The molecule has 1 saturated carbocycles. The van der Waals surface area contributed by atoms with Crippen LogP contribution in [0.2, 0.25) is 0 Å². The van der Waals surface area contributed by atoms with Crippen LogP contribution in [0.4, 0.5) is 0 Å². The lowest BCUT2D eigenvalue weighted by Crippen LogP contribution is -2.34. The Morgan fingerprint density at radius 1 is 1.50 bits per heavy atom. The van der Waals surface area contributed by atoms with E-state index in [1.54, 1.807) is 6.92 Å². The van der Waals surface area contributed by atoms with Crippen LogP contribution in [0.1, 0.15) is 32.6 Å². The van der Waals surface area contributed by atoms with Crippen molar-refractivity contribution >= 4 is 17.6 Å². The molecule has 1 heterocycles. The van der Waals surface area contributed by atoms with Gasteiger partial charge in [0, 0.05) is 5.92 Å². The first-order valence-electron chi connectivity index (χ1n) is 4.52. The largest absolute Gasteiger partial charge is 0.461 e. The second-order valence-electron chi connectivity index (χ2n) is 3.91. The molecule has 0 bridgehead atoms. The Hall–Kier alpha value is -0.240. The molecule has 0 N–H and O–H groups in total. The van der Waals surface area contributed by atoms with E-state index >= 15 is 0 Å². The number of esters is 1. The number of alkyl halides is 1. The smallest absolute Gasteiger partial charge is 0.327 e. The van der Waals surface area contributed by atoms with Crippen molar-refractivity contribution in [1.82, 2.24) is 0 Å². The lowest BCUT2D eigenvalue weighted by Gasteiger charge is -2.27. The number of hydrogen-bond donors (Lipinski definition) is 0. The van der Waals surface area contributed by atoms with Crippen LogP contribution >= 0.6 is 11.6 Å². The maximum Gasteiger partial charge on any atom is 0.327 e. The first-order chi connectivity index (χ1) is 5.62. The molecule has 0 amide bonds. The van der Waals surface area contributed by atoms with Gasteiger partial charge in [-0.3, -0.25) is 4.79 Å². The molecule has 0 aromatic heterocycles. The standard InChI is InChI=1S/C9H13ClO2/c1-9(10)6-4-2-3-5-7(6)12-8(9)11/h6-7H,2-5H2,1H3. The maximum absolute atomic E-state index is 11.3. The van der Waals surface area contributed by atoms with Gasteiger partial charge in [0.05, 0.1) is 0 Å². The third-order valence-corrected chi connectivity index (χ3v) is 3.49. The number of halogens is 1. The molecule has 3 heteroatoms. The van der Waals surface area contributed by atoms with Crippen molar-refractivity contribution in [3.8, 4) is 0 Å². The van der Waals surface area contributed by atoms with Gasteiger partial charge in [-0.25, -0.2) is 0 Å². The van der Waals surface area contributed by atoms with Gasteiger partial charge in [-0.1, -0.05) is 6.42 Å². The minimum Gasteiger partial charge on any atom is -0.461 e. The summed E-state index contributed by atoms with van der Waals surface area (Å²) in [5.41, 5.74) is 0. The zero-order valence-electron chi connectivity index (χ0n) is 7.18. The molecule has 2 rings (SSSR count). The zero-order chi connectivity index (χ0) is 8.77. The monoisotopic (exact) mass is 188 g/mol. The van der Waals surface area contributed by atoms with Crippen LogP contribution in [-0.4, -0.2) is 16.9 Å².